The second kappa shape index (κ2) is 6.97. The number of benzene rings is 2. The van der Waals surface area contributed by atoms with Crippen LogP contribution >= 0.6 is 15.9 Å². The molecule has 3 aromatic rings. The topological polar surface area (TPSA) is 65.2 Å². The molecule has 5 nitrogen and oxygen atoms in total. The summed E-state index contributed by atoms with van der Waals surface area (Å²) < 4.78 is 11.7. The van der Waals surface area contributed by atoms with Gasteiger partial charge in [-0.15, -0.1) is 10.2 Å². The first kappa shape index (κ1) is 16.4. The number of aryl methyl sites for hydroxylation is 1. The van der Waals surface area contributed by atoms with Gasteiger partial charge in [-0.25, -0.2) is 4.79 Å². The summed E-state index contributed by atoms with van der Waals surface area (Å²) in [5.41, 5.74) is 3.28. The van der Waals surface area contributed by atoms with Crippen molar-refractivity contribution in [1.29, 1.82) is 0 Å². The maximum Gasteiger partial charge on any atom is 0.338 e. The van der Waals surface area contributed by atoms with Crippen LogP contribution in [0.25, 0.3) is 11.5 Å². The first-order chi connectivity index (χ1) is 11.6. The van der Waals surface area contributed by atoms with Crippen molar-refractivity contribution in [1.82, 2.24) is 10.2 Å². The zero-order valence-corrected chi connectivity index (χ0v) is 14.8. The van der Waals surface area contributed by atoms with Crippen LogP contribution in [0.3, 0.4) is 0 Å². The molecule has 0 spiro atoms. The molecular formula is C18H15BrN2O3. The predicted molar refractivity (Wildman–Crippen MR) is 92.5 cm³/mol. The lowest BCUT2D eigenvalue weighted by Crippen LogP contribution is -2.08. The van der Waals surface area contributed by atoms with Gasteiger partial charge in [0.15, 0.2) is 6.61 Å². The Bertz CT molecular complexity index is 889. The second-order valence-corrected chi connectivity index (χ2v) is 6.16. The maximum atomic E-state index is 12.2. The molecule has 1 aromatic heterocycles. The van der Waals surface area contributed by atoms with Crippen LogP contribution in [0.1, 0.15) is 27.4 Å². The summed E-state index contributed by atoms with van der Waals surface area (Å²) in [6, 6.07) is 13.1. The van der Waals surface area contributed by atoms with E-state index < -0.39 is 5.97 Å². The number of nitrogens with zero attached hydrogens (tertiary/aromatic N) is 2. The van der Waals surface area contributed by atoms with Crippen LogP contribution in [0, 0.1) is 13.8 Å². The van der Waals surface area contributed by atoms with Crippen molar-refractivity contribution in [3.05, 3.63) is 69.5 Å². The molecule has 0 fully saturated rings. The SMILES string of the molecule is Cc1cccc(C(=O)OCc2nnc(-c3ccccc3Br)o2)c1C. The van der Waals surface area contributed by atoms with Gasteiger partial charge in [-0.1, -0.05) is 24.3 Å². The Kier molecular flexibility index (Phi) is 4.76. The number of aromatic nitrogens is 2. The number of ether oxygens (including phenoxy) is 1. The molecule has 0 aliphatic carbocycles. The molecule has 3 rings (SSSR count). The molecule has 0 amide bonds. The number of hydrogen-bond donors (Lipinski definition) is 0. The molecule has 0 radical (unpaired) electrons. The Morgan fingerprint density at radius 1 is 1.12 bits per heavy atom. The van der Waals surface area contributed by atoms with E-state index in [-0.39, 0.29) is 12.5 Å². The second-order valence-electron chi connectivity index (χ2n) is 5.30. The summed E-state index contributed by atoms with van der Waals surface area (Å²) in [5.74, 6) is 0.219. The highest BCUT2D eigenvalue weighted by molar-refractivity contribution is 9.10. The molecule has 0 N–H and O–H groups in total. The highest BCUT2D eigenvalue weighted by atomic mass is 79.9. The van der Waals surface area contributed by atoms with Crippen LogP contribution in [0.2, 0.25) is 0 Å². The molecule has 2 aromatic carbocycles. The summed E-state index contributed by atoms with van der Waals surface area (Å²) in [6.07, 6.45) is 0. The lowest BCUT2D eigenvalue weighted by atomic mass is 10.0. The van der Waals surface area contributed by atoms with Crippen molar-refractivity contribution in [2.24, 2.45) is 0 Å². The number of hydrogen-bond acceptors (Lipinski definition) is 5. The van der Waals surface area contributed by atoms with E-state index in [0.29, 0.717) is 11.5 Å². The fourth-order valence-electron chi connectivity index (χ4n) is 2.23. The minimum absolute atomic E-state index is 0.0658. The lowest BCUT2D eigenvalue weighted by Gasteiger charge is -2.07. The van der Waals surface area contributed by atoms with Crippen LogP contribution in [0.5, 0.6) is 0 Å². The molecule has 0 aliphatic rings. The van der Waals surface area contributed by atoms with Crippen LogP contribution in [0.4, 0.5) is 0 Å². The van der Waals surface area contributed by atoms with Crippen molar-refractivity contribution in [3.8, 4) is 11.5 Å². The standard InChI is InChI=1S/C18H15BrN2O3/c1-11-6-5-8-13(12(11)2)18(22)23-10-16-20-21-17(24-16)14-7-3-4-9-15(14)19/h3-9H,10H2,1-2H3. The van der Waals surface area contributed by atoms with Gasteiger partial charge in [-0.05, 0) is 59.1 Å². The maximum absolute atomic E-state index is 12.2. The van der Waals surface area contributed by atoms with Crippen LogP contribution in [0.15, 0.2) is 51.4 Å². The van der Waals surface area contributed by atoms with Gasteiger partial charge in [0.05, 0.1) is 11.1 Å². The highest BCUT2D eigenvalue weighted by Gasteiger charge is 2.15. The number of carbonyl (C=O) groups excluding carboxylic acids is 1. The van der Waals surface area contributed by atoms with Crippen LogP contribution < -0.4 is 0 Å². The van der Waals surface area contributed by atoms with E-state index in [4.69, 9.17) is 9.15 Å². The molecule has 1 heterocycles. The molecule has 122 valence electrons. The van der Waals surface area contributed by atoms with Gasteiger partial charge < -0.3 is 9.15 Å². The van der Waals surface area contributed by atoms with E-state index in [1.54, 1.807) is 6.07 Å². The molecule has 0 unspecified atom stereocenters. The van der Waals surface area contributed by atoms with E-state index >= 15 is 0 Å². The van der Waals surface area contributed by atoms with Crippen molar-refractivity contribution in [2.75, 3.05) is 0 Å². The van der Waals surface area contributed by atoms with Gasteiger partial charge in [-0.2, -0.15) is 0 Å². The van der Waals surface area contributed by atoms with Gasteiger partial charge in [-0.3, -0.25) is 0 Å². The predicted octanol–water partition coefficient (Wildman–Crippen LogP) is 4.47. The van der Waals surface area contributed by atoms with Gasteiger partial charge >= 0.3 is 5.97 Å². The molecular weight excluding hydrogens is 372 g/mol. The minimum atomic E-state index is -0.406. The van der Waals surface area contributed by atoms with Crippen molar-refractivity contribution in [3.63, 3.8) is 0 Å². The van der Waals surface area contributed by atoms with Gasteiger partial charge in [0.2, 0.25) is 5.89 Å². The largest absolute Gasteiger partial charge is 0.452 e. The molecule has 0 saturated carbocycles. The first-order valence-electron chi connectivity index (χ1n) is 7.37. The monoisotopic (exact) mass is 386 g/mol. The Labute approximate surface area is 147 Å². The fraction of sp³-hybridized carbons (Fsp3) is 0.167. The Balaban J connectivity index is 1.71. The Morgan fingerprint density at radius 2 is 1.92 bits per heavy atom. The van der Waals surface area contributed by atoms with E-state index in [1.165, 1.54) is 0 Å². The number of esters is 1. The van der Waals surface area contributed by atoms with Gasteiger partial charge in [0.25, 0.3) is 5.89 Å². The molecule has 6 heteroatoms. The molecule has 24 heavy (non-hydrogen) atoms. The van der Waals surface area contributed by atoms with Gasteiger partial charge in [0, 0.05) is 4.47 Å². The van der Waals surface area contributed by atoms with Crippen LogP contribution in [-0.2, 0) is 11.3 Å². The number of carbonyl (C=O) groups is 1. The number of rotatable bonds is 4. The summed E-state index contributed by atoms with van der Waals surface area (Å²) in [7, 11) is 0. The van der Waals surface area contributed by atoms with Crippen molar-refractivity contribution in [2.45, 2.75) is 20.5 Å². The van der Waals surface area contributed by atoms with Gasteiger partial charge in [0.1, 0.15) is 0 Å². The molecule has 0 saturated heterocycles. The summed E-state index contributed by atoms with van der Waals surface area (Å²) in [5, 5.41) is 7.92. The van der Waals surface area contributed by atoms with Crippen molar-refractivity contribution >= 4 is 21.9 Å². The zero-order valence-electron chi connectivity index (χ0n) is 13.2. The summed E-state index contributed by atoms with van der Waals surface area (Å²) in [6.45, 7) is 3.78. The Hall–Kier alpha value is -2.47. The average Bonchev–Trinajstić information content (AvgIpc) is 3.04. The first-order valence-corrected chi connectivity index (χ1v) is 8.16. The normalized spacial score (nSPS) is 10.6. The zero-order chi connectivity index (χ0) is 17.1. The third-order valence-corrected chi connectivity index (χ3v) is 4.41. The third kappa shape index (κ3) is 3.38. The highest BCUT2D eigenvalue weighted by Crippen LogP contribution is 2.26. The molecule has 0 atom stereocenters. The van der Waals surface area contributed by atoms with E-state index in [2.05, 4.69) is 26.1 Å². The van der Waals surface area contributed by atoms with E-state index in [9.17, 15) is 4.79 Å². The Morgan fingerprint density at radius 3 is 2.71 bits per heavy atom. The average molecular weight is 387 g/mol. The summed E-state index contributed by atoms with van der Waals surface area (Å²) >= 11 is 3.44. The van der Waals surface area contributed by atoms with E-state index in [0.717, 1.165) is 21.2 Å². The molecule has 0 bridgehead atoms. The van der Waals surface area contributed by atoms with Crippen molar-refractivity contribution < 1.29 is 13.9 Å². The minimum Gasteiger partial charge on any atom is -0.452 e. The fourth-order valence-corrected chi connectivity index (χ4v) is 2.69. The quantitative estimate of drug-likeness (QED) is 0.618. The lowest BCUT2D eigenvalue weighted by molar-refractivity contribution is 0.0437. The smallest absolute Gasteiger partial charge is 0.338 e. The number of halogens is 1. The molecule has 0 aliphatic heterocycles. The summed E-state index contributed by atoms with van der Waals surface area (Å²) in [4.78, 5) is 12.2. The van der Waals surface area contributed by atoms with E-state index in [1.807, 2.05) is 50.2 Å². The third-order valence-electron chi connectivity index (χ3n) is 3.72. The van der Waals surface area contributed by atoms with Crippen LogP contribution in [-0.4, -0.2) is 16.2 Å².